The summed E-state index contributed by atoms with van der Waals surface area (Å²) in [7, 11) is 2.20. The quantitative estimate of drug-likeness (QED) is 0.740. The van der Waals surface area contributed by atoms with Crippen LogP contribution in [0, 0.1) is 0 Å². The van der Waals surface area contributed by atoms with Crippen molar-refractivity contribution in [3.8, 4) is 0 Å². The summed E-state index contributed by atoms with van der Waals surface area (Å²) >= 11 is 3.65. The molecule has 1 fully saturated rings. The van der Waals surface area contributed by atoms with Gasteiger partial charge < -0.3 is 9.64 Å². The van der Waals surface area contributed by atoms with Gasteiger partial charge in [0.05, 0.1) is 6.10 Å². The molecule has 0 aromatic heterocycles. The average molecular weight is 326 g/mol. The van der Waals surface area contributed by atoms with Crippen LogP contribution < -0.4 is 0 Å². The standard InChI is InChI=1S/C16H24BrNO/c1-18(13-16-9-5-6-10-19-16)12-15(11-17)14-7-3-2-4-8-14/h2-4,7-8,15-16H,5-6,9-13H2,1H3. The number of ether oxygens (including phenoxy) is 1. The molecule has 2 atom stereocenters. The number of hydrogen-bond acceptors (Lipinski definition) is 2. The van der Waals surface area contributed by atoms with Crippen LogP contribution in [0.4, 0.5) is 0 Å². The minimum absolute atomic E-state index is 0.436. The Hall–Kier alpha value is -0.380. The number of nitrogens with zero attached hydrogens (tertiary/aromatic N) is 1. The molecule has 0 aliphatic carbocycles. The molecule has 2 nitrogen and oxygen atoms in total. The van der Waals surface area contributed by atoms with Crippen molar-refractivity contribution in [2.75, 3.05) is 32.1 Å². The van der Waals surface area contributed by atoms with Crippen LogP contribution in [0.25, 0.3) is 0 Å². The van der Waals surface area contributed by atoms with Crippen LogP contribution in [-0.2, 0) is 4.74 Å². The van der Waals surface area contributed by atoms with Crippen molar-refractivity contribution >= 4 is 15.9 Å². The Kier molecular flexibility index (Phi) is 6.35. The number of likely N-dealkylation sites (N-methyl/N-ethyl adjacent to an activating group) is 1. The van der Waals surface area contributed by atoms with Gasteiger partial charge in [0.15, 0.2) is 0 Å². The van der Waals surface area contributed by atoms with E-state index in [1.165, 1.54) is 24.8 Å². The molecule has 0 bridgehead atoms. The molecular weight excluding hydrogens is 302 g/mol. The highest BCUT2D eigenvalue weighted by molar-refractivity contribution is 9.09. The van der Waals surface area contributed by atoms with E-state index in [-0.39, 0.29) is 0 Å². The second-order valence-corrected chi connectivity index (χ2v) is 6.12. The first-order valence-electron chi connectivity index (χ1n) is 7.20. The molecule has 2 rings (SSSR count). The highest BCUT2D eigenvalue weighted by Crippen LogP contribution is 2.20. The molecule has 106 valence electrons. The van der Waals surface area contributed by atoms with Crippen molar-refractivity contribution in [2.45, 2.75) is 31.3 Å². The lowest BCUT2D eigenvalue weighted by atomic mass is 10.0. The fourth-order valence-electron chi connectivity index (χ4n) is 2.72. The van der Waals surface area contributed by atoms with Gasteiger partial charge in [-0.05, 0) is 31.9 Å². The van der Waals surface area contributed by atoms with E-state index in [0.29, 0.717) is 12.0 Å². The van der Waals surface area contributed by atoms with Gasteiger partial charge in [-0.25, -0.2) is 0 Å². The van der Waals surface area contributed by atoms with Gasteiger partial charge in [0.1, 0.15) is 0 Å². The lowest BCUT2D eigenvalue weighted by Gasteiger charge is -2.29. The van der Waals surface area contributed by atoms with Gasteiger partial charge in [0.2, 0.25) is 0 Å². The first-order chi connectivity index (χ1) is 9.29. The number of alkyl halides is 1. The maximum Gasteiger partial charge on any atom is 0.0701 e. The Bertz CT molecular complexity index is 351. The number of benzene rings is 1. The molecule has 1 saturated heterocycles. The van der Waals surface area contributed by atoms with Crippen molar-refractivity contribution in [2.24, 2.45) is 0 Å². The van der Waals surface area contributed by atoms with Gasteiger partial charge in [-0.2, -0.15) is 0 Å². The van der Waals surface area contributed by atoms with Crippen LogP contribution in [0.2, 0.25) is 0 Å². The van der Waals surface area contributed by atoms with E-state index < -0.39 is 0 Å². The number of halogens is 1. The van der Waals surface area contributed by atoms with Crippen LogP contribution in [-0.4, -0.2) is 43.1 Å². The summed E-state index contributed by atoms with van der Waals surface area (Å²) in [6.45, 7) is 3.07. The van der Waals surface area contributed by atoms with Crippen molar-refractivity contribution in [1.82, 2.24) is 4.90 Å². The summed E-state index contributed by atoms with van der Waals surface area (Å²) in [6.07, 6.45) is 4.20. The molecule has 1 aliphatic heterocycles. The summed E-state index contributed by atoms with van der Waals surface area (Å²) in [6, 6.07) is 10.8. The zero-order chi connectivity index (χ0) is 13.5. The molecule has 1 aliphatic rings. The molecule has 0 saturated carbocycles. The highest BCUT2D eigenvalue weighted by atomic mass is 79.9. The van der Waals surface area contributed by atoms with Crippen LogP contribution in [0.3, 0.4) is 0 Å². The van der Waals surface area contributed by atoms with E-state index in [4.69, 9.17) is 4.74 Å². The van der Waals surface area contributed by atoms with E-state index >= 15 is 0 Å². The summed E-state index contributed by atoms with van der Waals surface area (Å²) in [5.41, 5.74) is 1.41. The first-order valence-corrected chi connectivity index (χ1v) is 8.33. The molecular formula is C16H24BrNO. The van der Waals surface area contributed by atoms with Crippen molar-refractivity contribution in [1.29, 1.82) is 0 Å². The van der Waals surface area contributed by atoms with Gasteiger partial charge in [0, 0.05) is 30.9 Å². The van der Waals surface area contributed by atoms with Crippen LogP contribution in [0.15, 0.2) is 30.3 Å². The third-order valence-corrected chi connectivity index (χ3v) is 4.56. The molecule has 1 aromatic carbocycles. The van der Waals surface area contributed by atoms with E-state index in [1.54, 1.807) is 0 Å². The van der Waals surface area contributed by atoms with Crippen LogP contribution in [0.5, 0.6) is 0 Å². The van der Waals surface area contributed by atoms with Gasteiger partial charge >= 0.3 is 0 Å². The Labute approximate surface area is 125 Å². The molecule has 0 radical (unpaired) electrons. The van der Waals surface area contributed by atoms with Crippen LogP contribution >= 0.6 is 15.9 Å². The normalized spacial score (nSPS) is 21.5. The average Bonchev–Trinajstić information content (AvgIpc) is 2.47. The third kappa shape index (κ3) is 4.90. The second kappa shape index (κ2) is 8.03. The topological polar surface area (TPSA) is 12.5 Å². The Morgan fingerprint density at radius 2 is 2.11 bits per heavy atom. The van der Waals surface area contributed by atoms with Crippen molar-refractivity contribution in [3.05, 3.63) is 35.9 Å². The van der Waals surface area contributed by atoms with Gasteiger partial charge in [0.25, 0.3) is 0 Å². The summed E-state index contributed by atoms with van der Waals surface area (Å²) in [5.74, 6) is 0.551. The molecule has 0 spiro atoms. The van der Waals surface area contributed by atoms with E-state index in [9.17, 15) is 0 Å². The molecule has 0 amide bonds. The van der Waals surface area contributed by atoms with E-state index in [0.717, 1.165) is 25.0 Å². The van der Waals surface area contributed by atoms with Gasteiger partial charge in [-0.1, -0.05) is 46.3 Å². The van der Waals surface area contributed by atoms with E-state index in [2.05, 4.69) is 58.2 Å². The predicted octanol–water partition coefficient (Wildman–Crippen LogP) is 3.67. The zero-order valence-electron chi connectivity index (χ0n) is 11.7. The first kappa shape index (κ1) is 15.0. The summed E-state index contributed by atoms with van der Waals surface area (Å²) in [4.78, 5) is 2.41. The van der Waals surface area contributed by atoms with Crippen molar-refractivity contribution in [3.63, 3.8) is 0 Å². The Morgan fingerprint density at radius 3 is 2.74 bits per heavy atom. The predicted molar refractivity (Wildman–Crippen MR) is 84.1 cm³/mol. The third-order valence-electron chi connectivity index (χ3n) is 3.78. The number of hydrogen-bond donors (Lipinski definition) is 0. The molecule has 3 heteroatoms. The Balaban J connectivity index is 1.84. The van der Waals surface area contributed by atoms with Crippen LogP contribution in [0.1, 0.15) is 30.7 Å². The molecule has 1 heterocycles. The van der Waals surface area contributed by atoms with Gasteiger partial charge in [-0.15, -0.1) is 0 Å². The second-order valence-electron chi connectivity index (χ2n) is 5.47. The summed E-state index contributed by atoms with van der Waals surface area (Å²) < 4.78 is 5.82. The number of rotatable bonds is 6. The lowest BCUT2D eigenvalue weighted by Crippen LogP contribution is -2.35. The smallest absolute Gasteiger partial charge is 0.0701 e. The molecule has 2 unspecified atom stereocenters. The molecule has 19 heavy (non-hydrogen) atoms. The Morgan fingerprint density at radius 1 is 1.32 bits per heavy atom. The fraction of sp³-hybridized carbons (Fsp3) is 0.625. The fourth-order valence-corrected chi connectivity index (χ4v) is 3.30. The maximum atomic E-state index is 5.82. The monoisotopic (exact) mass is 325 g/mol. The SMILES string of the molecule is CN(CC1CCCCO1)CC(CBr)c1ccccc1. The zero-order valence-corrected chi connectivity index (χ0v) is 13.3. The minimum atomic E-state index is 0.436. The highest BCUT2D eigenvalue weighted by Gasteiger charge is 2.18. The molecule has 0 N–H and O–H groups in total. The lowest BCUT2D eigenvalue weighted by molar-refractivity contribution is -0.00194. The maximum absolute atomic E-state index is 5.82. The van der Waals surface area contributed by atoms with Gasteiger partial charge in [-0.3, -0.25) is 0 Å². The van der Waals surface area contributed by atoms with Crippen molar-refractivity contribution < 1.29 is 4.74 Å². The molecule has 1 aromatic rings. The summed E-state index contributed by atoms with van der Waals surface area (Å²) in [5, 5.41) is 1.01. The minimum Gasteiger partial charge on any atom is -0.377 e. The van der Waals surface area contributed by atoms with E-state index in [1.807, 2.05) is 0 Å². The largest absolute Gasteiger partial charge is 0.377 e.